The molecule has 5 nitrogen and oxygen atoms in total. The quantitative estimate of drug-likeness (QED) is 0.655. The van der Waals surface area contributed by atoms with Gasteiger partial charge >= 0.3 is 0 Å². The van der Waals surface area contributed by atoms with E-state index in [4.69, 9.17) is 9.47 Å². The molecule has 3 aromatic carbocycles. The predicted octanol–water partition coefficient (Wildman–Crippen LogP) is 5.16. The van der Waals surface area contributed by atoms with Gasteiger partial charge in [-0.1, -0.05) is 30.3 Å². The highest BCUT2D eigenvalue weighted by Crippen LogP contribution is 2.33. The monoisotopic (exact) mass is 358 g/mol. The molecule has 1 aliphatic rings. The van der Waals surface area contributed by atoms with E-state index in [9.17, 15) is 4.79 Å². The van der Waals surface area contributed by atoms with Gasteiger partial charge in [-0.3, -0.25) is 4.79 Å². The molecule has 0 saturated heterocycles. The van der Waals surface area contributed by atoms with E-state index in [-0.39, 0.29) is 0 Å². The van der Waals surface area contributed by atoms with Crippen molar-refractivity contribution in [3.8, 4) is 11.5 Å². The standard InChI is InChI=1S/C22H18N2O3/c1-15-7-12-19-20(13-15)24-22(27-21(19)14-25)23-16-8-10-18(11-9-16)26-17-5-3-2-4-6-17/h2-14,21H,1H3,(H,23,24). The number of nitrogens with zero attached hydrogens (tertiary/aromatic N) is 1. The lowest BCUT2D eigenvalue weighted by Crippen LogP contribution is -2.23. The average Bonchev–Trinajstić information content (AvgIpc) is 2.69. The third kappa shape index (κ3) is 3.82. The Morgan fingerprint density at radius 1 is 1.00 bits per heavy atom. The smallest absolute Gasteiger partial charge is 0.295 e. The van der Waals surface area contributed by atoms with Crippen molar-refractivity contribution in [3.05, 3.63) is 83.9 Å². The second-order valence-corrected chi connectivity index (χ2v) is 6.22. The molecular formula is C22H18N2O3. The molecule has 1 N–H and O–H groups in total. The second-order valence-electron chi connectivity index (χ2n) is 6.22. The van der Waals surface area contributed by atoms with Crippen LogP contribution in [0.15, 0.2) is 77.8 Å². The number of hydrogen-bond acceptors (Lipinski definition) is 5. The number of anilines is 1. The molecule has 5 heteroatoms. The number of aldehydes is 1. The maximum Gasteiger partial charge on any atom is 0.295 e. The molecule has 0 spiro atoms. The van der Waals surface area contributed by atoms with Crippen LogP contribution >= 0.6 is 0 Å². The minimum absolute atomic E-state index is 0.293. The van der Waals surface area contributed by atoms with Crippen molar-refractivity contribution >= 4 is 23.7 Å². The van der Waals surface area contributed by atoms with Gasteiger partial charge in [0.05, 0.1) is 5.69 Å². The highest BCUT2D eigenvalue weighted by atomic mass is 16.5. The summed E-state index contributed by atoms with van der Waals surface area (Å²) < 4.78 is 11.5. The molecule has 4 rings (SSSR count). The number of amidine groups is 1. The van der Waals surface area contributed by atoms with Gasteiger partial charge in [0, 0.05) is 11.3 Å². The number of hydrogen-bond donors (Lipinski definition) is 1. The first-order valence-electron chi connectivity index (χ1n) is 8.62. The van der Waals surface area contributed by atoms with Gasteiger partial charge in [-0.15, -0.1) is 0 Å². The van der Waals surface area contributed by atoms with Crippen LogP contribution in [0.3, 0.4) is 0 Å². The maximum absolute atomic E-state index is 11.4. The van der Waals surface area contributed by atoms with Crippen molar-refractivity contribution in [1.29, 1.82) is 0 Å². The van der Waals surface area contributed by atoms with E-state index in [0.717, 1.165) is 40.3 Å². The molecule has 0 radical (unpaired) electrons. The lowest BCUT2D eigenvalue weighted by molar-refractivity contribution is -0.114. The van der Waals surface area contributed by atoms with Crippen LogP contribution in [0.4, 0.5) is 11.4 Å². The third-order valence-corrected chi connectivity index (χ3v) is 4.16. The summed E-state index contributed by atoms with van der Waals surface area (Å²) in [6.07, 6.45) is 0.114. The molecule has 0 aliphatic carbocycles. The number of fused-ring (bicyclic) bond motifs is 1. The van der Waals surface area contributed by atoms with E-state index >= 15 is 0 Å². The molecule has 0 fully saturated rings. The fourth-order valence-electron chi connectivity index (χ4n) is 2.82. The van der Waals surface area contributed by atoms with Crippen molar-refractivity contribution < 1.29 is 14.3 Å². The number of carbonyl (C=O) groups excluding carboxylic acids is 1. The number of aliphatic imine (C=N–C) groups is 1. The summed E-state index contributed by atoms with van der Waals surface area (Å²) in [6, 6.07) is 23.1. The van der Waals surface area contributed by atoms with Gasteiger partial charge in [0.2, 0.25) is 0 Å². The topological polar surface area (TPSA) is 59.9 Å². The molecular weight excluding hydrogens is 340 g/mol. The Morgan fingerprint density at radius 3 is 2.48 bits per heavy atom. The van der Waals surface area contributed by atoms with E-state index in [1.807, 2.05) is 79.7 Å². The highest BCUT2D eigenvalue weighted by molar-refractivity contribution is 5.94. The van der Waals surface area contributed by atoms with Gasteiger partial charge in [-0.05, 0) is 55.0 Å². The summed E-state index contributed by atoms with van der Waals surface area (Å²) in [5.74, 6) is 1.50. The minimum Gasteiger partial charge on any atom is -0.457 e. The molecule has 1 unspecified atom stereocenters. The number of ether oxygens (including phenoxy) is 2. The van der Waals surface area contributed by atoms with Crippen molar-refractivity contribution in [2.24, 2.45) is 4.99 Å². The Kier molecular flexibility index (Phi) is 4.58. The van der Waals surface area contributed by atoms with Crippen LogP contribution in [0.5, 0.6) is 11.5 Å². The lowest BCUT2D eigenvalue weighted by Gasteiger charge is -2.23. The van der Waals surface area contributed by atoms with Crippen LogP contribution in [-0.4, -0.2) is 12.3 Å². The zero-order valence-electron chi connectivity index (χ0n) is 14.8. The van der Waals surface area contributed by atoms with E-state index in [2.05, 4.69) is 10.3 Å². The first-order chi connectivity index (χ1) is 13.2. The number of rotatable bonds is 4. The van der Waals surface area contributed by atoms with Crippen molar-refractivity contribution in [3.63, 3.8) is 0 Å². The summed E-state index contributed by atoms with van der Waals surface area (Å²) in [5.41, 5.74) is 3.37. The van der Waals surface area contributed by atoms with Gasteiger partial charge in [0.1, 0.15) is 11.5 Å². The van der Waals surface area contributed by atoms with Gasteiger partial charge in [0.15, 0.2) is 12.4 Å². The molecule has 3 aromatic rings. The normalized spacial score (nSPS) is 15.1. The van der Waals surface area contributed by atoms with Crippen LogP contribution in [-0.2, 0) is 9.53 Å². The van der Waals surface area contributed by atoms with Crippen LogP contribution in [0.25, 0.3) is 0 Å². The van der Waals surface area contributed by atoms with E-state index in [1.54, 1.807) is 0 Å². The Bertz CT molecular complexity index is 982. The van der Waals surface area contributed by atoms with Crippen LogP contribution in [0.1, 0.15) is 17.2 Å². The molecule has 134 valence electrons. The third-order valence-electron chi connectivity index (χ3n) is 4.16. The molecule has 1 atom stereocenters. The SMILES string of the molecule is Cc1ccc2c(c1)N=C(Nc1ccc(Oc3ccccc3)cc1)OC2C=O. The Morgan fingerprint density at radius 2 is 1.74 bits per heavy atom. The number of nitrogens with one attached hydrogen (secondary N) is 1. The maximum atomic E-state index is 11.4. The van der Waals surface area contributed by atoms with E-state index in [1.165, 1.54) is 0 Å². The van der Waals surface area contributed by atoms with Crippen molar-refractivity contribution in [2.45, 2.75) is 13.0 Å². The summed E-state index contributed by atoms with van der Waals surface area (Å²) in [5, 5.41) is 3.11. The Hall–Kier alpha value is -3.60. The fraction of sp³-hybridized carbons (Fsp3) is 0.0909. The number of carbonyl (C=O) groups is 1. The summed E-state index contributed by atoms with van der Waals surface area (Å²) in [7, 11) is 0. The minimum atomic E-state index is -0.665. The van der Waals surface area contributed by atoms with Crippen LogP contribution < -0.4 is 10.1 Å². The number of aryl methyl sites for hydroxylation is 1. The first kappa shape index (κ1) is 16.8. The first-order valence-corrected chi connectivity index (χ1v) is 8.62. The highest BCUT2D eigenvalue weighted by Gasteiger charge is 2.23. The molecule has 0 aromatic heterocycles. The van der Waals surface area contributed by atoms with Gasteiger partial charge in [0.25, 0.3) is 6.02 Å². The van der Waals surface area contributed by atoms with Crippen molar-refractivity contribution in [2.75, 3.05) is 5.32 Å². The van der Waals surface area contributed by atoms with Crippen LogP contribution in [0, 0.1) is 6.92 Å². The molecule has 0 amide bonds. The lowest BCUT2D eigenvalue weighted by atomic mass is 10.0. The van der Waals surface area contributed by atoms with Gasteiger partial charge < -0.3 is 14.8 Å². The van der Waals surface area contributed by atoms with Crippen molar-refractivity contribution in [1.82, 2.24) is 0 Å². The van der Waals surface area contributed by atoms with Gasteiger partial charge in [-0.25, -0.2) is 0 Å². The molecule has 1 heterocycles. The van der Waals surface area contributed by atoms with E-state index < -0.39 is 6.10 Å². The zero-order valence-corrected chi connectivity index (χ0v) is 14.8. The van der Waals surface area contributed by atoms with Gasteiger partial charge in [-0.2, -0.15) is 4.99 Å². The Labute approximate surface area is 157 Å². The van der Waals surface area contributed by atoms with E-state index in [0.29, 0.717) is 6.02 Å². The predicted molar refractivity (Wildman–Crippen MR) is 105 cm³/mol. The molecule has 27 heavy (non-hydrogen) atoms. The largest absolute Gasteiger partial charge is 0.457 e. The summed E-state index contributed by atoms with van der Waals surface area (Å²) in [6.45, 7) is 1.99. The number of para-hydroxylation sites is 1. The zero-order chi connectivity index (χ0) is 18.6. The second kappa shape index (κ2) is 7.33. The summed E-state index contributed by atoms with van der Waals surface area (Å²) in [4.78, 5) is 15.9. The average molecular weight is 358 g/mol. The molecule has 0 bridgehead atoms. The number of benzene rings is 3. The summed E-state index contributed by atoms with van der Waals surface area (Å²) >= 11 is 0. The Balaban J connectivity index is 1.51. The molecule has 0 saturated carbocycles. The molecule has 1 aliphatic heterocycles. The van der Waals surface area contributed by atoms with Crippen LogP contribution in [0.2, 0.25) is 0 Å². The fourth-order valence-corrected chi connectivity index (χ4v) is 2.82.